The van der Waals surface area contributed by atoms with Gasteiger partial charge in [-0.3, -0.25) is 0 Å². The van der Waals surface area contributed by atoms with Crippen LogP contribution in [0.1, 0.15) is 69.9 Å². The maximum atomic E-state index is 10.7. The van der Waals surface area contributed by atoms with Gasteiger partial charge in [0.05, 0.1) is 6.61 Å². The zero-order chi connectivity index (χ0) is 17.3. The fraction of sp³-hybridized carbons (Fsp3) is 0.619. The number of aromatic hydroxyl groups is 1. The number of rotatable bonds is 5. The molecule has 3 heteroatoms. The van der Waals surface area contributed by atoms with Crippen LogP contribution in [0.4, 0.5) is 0 Å². The Hall–Kier alpha value is -1.48. The van der Waals surface area contributed by atoms with Crippen LogP contribution >= 0.6 is 0 Å². The van der Waals surface area contributed by atoms with Crippen molar-refractivity contribution in [3.8, 4) is 11.5 Å². The van der Waals surface area contributed by atoms with Gasteiger partial charge in [0.25, 0.3) is 0 Å². The number of fused-ring (bicyclic) bond motifs is 3. The van der Waals surface area contributed by atoms with Gasteiger partial charge in [-0.05, 0) is 62.8 Å². The van der Waals surface area contributed by atoms with E-state index < -0.39 is 0 Å². The molecule has 0 saturated heterocycles. The molecule has 3 rings (SSSR count). The number of hydrogen-bond donors (Lipinski definition) is 2. The highest BCUT2D eigenvalue weighted by Gasteiger charge is 2.45. The first-order chi connectivity index (χ1) is 11.5. The van der Waals surface area contributed by atoms with Gasteiger partial charge in [-0.2, -0.15) is 0 Å². The molecule has 0 amide bonds. The van der Waals surface area contributed by atoms with E-state index in [1.807, 2.05) is 6.07 Å². The van der Waals surface area contributed by atoms with E-state index in [4.69, 9.17) is 4.74 Å². The first kappa shape index (κ1) is 17.3. The van der Waals surface area contributed by atoms with Crippen LogP contribution in [0.15, 0.2) is 23.8 Å². The summed E-state index contributed by atoms with van der Waals surface area (Å²) in [5.41, 5.74) is 2.91. The quantitative estimate of drug-likeness (QED) is 0.607. The van der Waals surface area contributed by atoms with Crippen LogP contribution in [0, 0.1) is 5.92 Å². The number of aliphatic hydroxyl groups excluding tert-OH is 1. The average Bonchev–Trinajstić information content (AvgIpc) is 2.53. The molecular weight excluding hydrogens is 300 g/mol. The molecule has 0 radical (unpaired) electrons. The Morgan fingerprint density at radius 2 is 2.04 bits per heavy atom. The van der Waals surface area contributed by atoms with E-state index in [2.05, 4.69) is 32.9 Å². The van der Waals surface area contributed by atoms with Crippen molar-refractivity contribution in [3.63, 3.8) is 0 Å². The Morgan fingerprint density at radius 3 is 2.75 bits per heavy atom. The first-order valence-corrected chi connectivity index (χ1v) is 9.29. The molecule has 1 aromatic carbocycles. The van der Waals surface area contributed by atoms with Gasteiger partial charge < -0.3 is 14.9 Å². The number of aryl methyl sites for hydroxylation is 1. The Balaban J connectivity index is 1.96. The number of allylic oxidation sites excluding steroid dienone is 1. The normalized spacial score (nSPS) is 24.6. The van der Waals surface area contributed by atoms with Crippen LogP contribution in [0.3, 0.4) is 0 Å². The number of benzene rings is 1. The van der Waals surface area contributed by atoms with Crippen molar-refractivity contribution in [2.45, 2.75) is 70.8 Å². The molecule has 2 aliphatic rings. The van der Waals surface area contributed by atoms with Gasteiger partial charge in [0.2, 0.25) is 0 Å². The average molecular weight is 330 g/mol. The minimum Gasteiger partial charge on any atom is -0.508 e. The second kappa shape index (κ2) is 6.79. The van der Waals surface area contributed by atoms with Crippen LogP contribution in [-0.2, 0) is 6.42 Å². The van der Waals surface area contributed by atoms with Crippen LogP contribution in [0.25, 0.3) is 0 Å². The van der Waals surface area contributed by atoms with Crippen LogP contribution in [-0.4, -0.2) is 22.4 Å². The van der Waals surface area contributed by atoms with Crippen LogP contribution in [0.2, 0.25) is 0 Å². The Kier molecular flexibility index (Phi) is 4.91. The molecule has 1 heterocycles. The summed E-state index contributed by atoms with van der Waals surface area (Å²) in [7, 11) is 0. The van der Waals surface area contributed by atoms with Crippen molar-refractivity contribution in [2.24, 2.45) is 5.92 Å². The summed E-state index contributed by atoms with van der Waals surface area (Å²) >= 11 is 0. The summed E-state index contributed by atoms with van der Waals surface area (Å²) in [6.45, 7) is 6.60. The molecule has 3 nitrogen and oxygen atoms in total. The van der Waals surface area contributed by atoms with E-state index in [9.17, 15) is 10.2 Å². The summed E-state index contributed by atoms with van der Waals surface area (Å²) in [5, 5.41) is 20.2. The van der Waals surface area contributed by atoms with Crippen molar-refractivity contribution in [1.82, 2.24) is 0 Å². The highest BCUT2D eigenvalue weighted by molar-refractivity contribution is 5.52. The molecule has 1 aliphatic heterocycles. The summed E-state index contributed by atoms with van der Waals surface area (Å²) < 4.78 is 6.33. The minimum atomic E-state index is -0.260. The largest absolute Gasteiger partial charge is 0.508 e. The lowest BCUT2D eigenvalue weighted by molar-refractivity contribution is 0.00673. The predicted molar refractivity (Wildman–Crippen MR) is 96.7 cm³/mol. The topological polar surface area (TPSA) is 49.7 Å². The van der Waals surface area contributed by atoms with Gasteiger partial charge >= 0.3 is 0 Å². The van der Waals surface area contributed by atoms with E-state index in [-0.39, 0.29) is 18.1 Å². The van der Waals surface area contributed by atoms with E-state index in [0.717, 1.165) is 48.1 Å². The van der Waals surface area contributed by atoms with Crippen LogP contribution < -0.4 is 4.74 Å². The first-order valence-electron chi connectivity index (χ1n) is 9.29. The minimum absolute atomic E-state index is 0.107. The molecule has 0 saturated carbocycles. The second-order valence-corrected chi connectivity index (χ2v) is 7.86. The molecule has 0 spiro atoms. The van der Waals surface area contributed by atoms with Crippen molar-refractivity contribution in [3.05, 3.63) is 34.9 Å². The highest BCUT2D eigenvalue weighted by Crippen LogP contribution is 2.54. The van der Waals surface area contributed by atoms with Gasteiger partial charge in [-0.25, -0.2) is 0 Å². The summed E-state index contributed by atoms with van der Waals surface area (Å²) in [6.07, 6.45) is 8.37. The predicted octanol–water partition coefficient (Wildman–Crippen LogP) is 4.71. The van der Waals surface area contributed by atoms with Gasteiger partial charge in [0.1, 0.15) is 17.1 Å². The number of aliphatic hydroxyl groups is 1. The van der Waals surface area contributed by atoms with Gasteiger partial charge in [0, 0.05) is 17.4 Å². The van der Waals surface area contributed by atoms with Crippen molar-refractivity contribution >= 4 is 0 Å². The number of unbranched alkanes of at least 4 members (excludes halogenated alkanes) is 2. The van der Waals surface area contributed by atoms with Crippen LogP contribution in [0.5, 0.6) is 11.5 Å². The van der Waals surface area contributed by atoms with Gasteiger partial charge in [-0.15, -0.1) is 0 Å². The SMILES string of the molecule is CCCCCc1cc(O)c2c(c1)OC(C)(C)C1CC=C(CO)CC21. The van der Waals surface area contributed by atoms with Crippen molar-refractivity contribution in [1.29, 1.82) is 0 Å². The second-order valence-electron chi connectivity index (χ2n) is 7.86. The van der Waals surface area contributed by atoms with Crippen molar-refractivity contribution in [2.75, 3.05) is 6.61 Å². The summed E-state index contributed by atoms with van der Waals surface area (Å²) in [5.74, 6) is 1.76. The molecule has 2 N–H and O–H groups in total. The molecule has 132 valence electrons. The third-order valence-corrected chi connectivity index (χ3v) is 5.72. The number of hydrogen-bond acceptors (Lipinski definition) is 3. The number of phenols is 1. The van der Waals surface area contributed by atoms with E-state index >= 15 is 0 Å². The fourth-order valence-electron chi connectivity index (χ4n) is 4.37. The molecule has 0 bridgehead atoms. The molecule has 1 aromatic rings. The lowest BCUT2D eigenvalue weighted by Crippen LogP contribution is -2.45. The van der Waals surface area contributed by atoms with E-state index in [1.165, 1.54) is 12.8 Å². The third-order valence-electron chi connectivity index (χ3n) is 5.72. The van der Waals surface area contributed by atoms with E-state index in [1.54, 1.807) is 0 Å². The third kappa shape index (κ3) is 3.19. The monoisotopic (exact) mass is 330 g/mol. The maximum Gasteiger partial charge on any atom is 0.127 e. The summed E-state index contributed by atoms with van der Waals surface area (Å²) in [6, 6.07) is 4.05. The molecule has 24 heavy (non-hydrogen) atoms. The Bertz CT molecular complexity index is 630. The molecule has 2 atom stereocenters. The molecule has 1 aliphatic carbocycles. The number of ether oxygens (including phenoxy) is 1. The zero-order valence-corrected chi connectivity index (χ0v) is 15.1. The lowest BCUT2D eigenvalue weighted by Gasteiger charge is -2.47. The lowest BCUT2D eigenvalue weighted by atomic mass is 9.67. The molecule has 0 aromatic heterocycles. The fourth-order valence-corrected chi connectivity index (χ4v) is 4.37. The molecule has 0 fully saturated rings. The van der Waals surface area contributed by atoms with Gasteiger partial charge in [0.15, 0.2) is 0 Å². The molecular formula is C21H30O3. The smallest absolute Gasteiger partial charge is 0.127 e. The maximum absolute atomic E-state index is 10.7. The zero-order valence-electron chi connectivity index (χ0n) is 15.1. The van der Waals surface area contributed by atoms with E-state index in [0.29, 0.717) is 11.7 Å². The molecule has 2 unspecified atom stereocenters. The summed E-state index contributed by atoms with van der Waals surface area (Å²) in [4.78, 5) is 0. The number of phenolic OH excluding ortho intramolecular Hbond substituents is 1. The Morgan fingerprint density at radius 1 is 1.25 bits per heavy atom. The standard InChI is InChI=1S/C21H30O3/c1-4-5-6-7-14-11-18(23)20-16-10-15(13-22)8-9-17(16)21(2,3)24-19(20)12-14/h8,11-12,16-17,22-23H,4-7,9-10,13H2,1-3H3. The van der Waals surface area contributed by atoms with Gasteiger partial charge in [-0.1, -0.05) is 25.8 Å². The highest BCUT2D eigenvalue weighted by atomic mass is 16.5. The van der Waals surface area contributed by atoms with Crippen molar-refractivity contribution < 1.29 is 14.9 Å². The Labute approximate surface area is 145 Å².